The lowest BCUT2D eigenvalue weighted by molar-refractivity contribution is -0.141. The van der Waals surface area contributed by atoms with E-state index in [1.807, 2.05) is 19.1 Å². The Morgan fingerprint density at radius 2 is 1.71 bits per heavy atom. The van der Waals surface area contributed by atoms with Crippen LogP contribution in [0, 0.1) is 0 Å². The SMILES string of the molecule is CCC(C(=O)NC1CCCCC1)N(Cc1ccc(Cl)cc1)C(=O)CCCN(c1ccc2c(c1)OCCO2)S(C)(=O)=O. The van der Waals surface area contributed by atoms with Crippen molar-refractivity contribution in [3.8, 4) is 11.5 Å². The van der Waals surface area contributed by atoms with Gasteiger partial charge in [0.1, 0.15) is 19.3 Å². The monoisotopic (exact) mass is 605 g/mol. The lowest BCUT2D eigenvalue weighted by atomic mass is 9.95. The van der Waals surface area contributed by atoms with Crippen molar-refractivity contribution >= 4 is 39.1 Å². The summed E-state index contributed by atoms with van der Waals surface area (Å²) < 4.78 is 37.9. The maximum Gasteiger partial charge on any atom is 0.243 e. The summed E-state index contributed by atoms with van der Waals surface area (Å²) in [5, 5.41) is 3.77. The van der Waals surface area contributed by atoms with E-state index >= 15 is 0 Å². The first-order valence-electron chi connectivity index (χ1n) is 14.4. The molecule has 1 saturated carbocycles. The van der Waals surface area contributed by atoms with Crippen LogP contribution in [-0.2, 0) is 26.2 Å². The summed E-state index contributed by atoms with van der Waals surface area (Å²) in [4.78, 5) is 28.7. The van der Waals surface area contributed by atoms with Crippen LogP contribution in [-0.4, -0.2) is 63.2 Å². The van der Waals surface area contributed by atoms with E-state index in [-0.39, 0.29) is 43.8 Å². The van der Waals surface area contributed by atoms with Crippen molar-refractivity contribution in [2.24, 2.45) is 0 Å². The zero-order chi connectivity index (χ0) is 29.4. The molecule has 1 aliphatic heterocycles. The summed E-state index contributed by atoms with van der Waals surface area (Å²) in [5.74, 6) is 0.706. The van der Waals surface area contributed by atoms with Crippen LogP contribution >= 0.6 is 11.6 Å². The Bertz CT molecular complexity index is 1300. The molecule has 2 amide bonds. The van der Waals surface area contributed by atoms with Crippen LogP contribution in [0.2, 0.25) is 5.02 Å². The topological polar surface area (TPSA) is 105 Å². The molecule has 1 heterocycles. The number of rotatable bonds is 12. The van der Waals surface area contributed by atoms with Crippen molar-refractivity contribution in [3.05, 3.63) is 53.1 Å². The third kappa shape index (κ3) is 8.52. The highest BCUT2D eigenvalue weighted by Crippen LogP contribution is 2.35. The summed E-state index contributed by atoms with van der Waals surface area (Å²) >= 11 is 6.07. The fourth-order valence-electron chi connectivity index (χ4n) is 5.44. The van der Waals surface area contributed by atoms with Gasteiger partial charge in [0, 0.05) is 36.6 Å². The fraction of sp³-hybridized carbons (Fsp3) is 0.533. The Labute approximate surface area is 248 Å². The number of amides is 2. The van der Waals surface area contributed by atoms with Gasteiger partial charge in [-0.3, -0.25) is 13.9 Å². The molecule has 224 valence electrons. The standard InChI is InChI=1S/C30H40ClN3O6S/c1-3-26(30(36)32-24-8-5-4-6-9-24)33(21-22-11-13-23(31)14-12-22)29(35)10-7-17-34(41(2,37)38)25-15-16-27-28(20-25)40-19-18-39-27/h11-16,20,24,26H,3-10,17-19,21H2,1-2H3,(H,32,36). The molecule has 2 aromatic carbocycles. The second-order valence-corrected chi connectivity index (χ2v) is 13.0. The predicted molar refractivity (Wildman–Crippen MR) is 160 cm³/mol. The molecule has 0 spiro atoms. The quantitative estimate of drug-likeness (QED) is 0.368. The van der Waals surface area contributed by atoms with Gasteiger partial charge >= 0.3 is 0 Å². The van der Waals surface area contributed by atoms with Gasteiger partial charge in [0.15, 0.2) is 11.5 Å². The van der Waals surface area contributed by atoms with E-state index in [4.69, 9.17) is 21.1 Å². The molecular formula is C30H40ClN3O6S. The number of fused-ring (bicyclic) bond motifs is 1. The van der Waals surface area contributed by atoms with Crippen LogP contribution in [0.25, 0.3) is 0 Å². The van der Waals surface area contributed by atoms with Gasteiger partial charge in [0.25, 0.3) is 0 Å². The van der Waals surface area contributed by atoms with Crippen molar-refractivity contribution in [1.82, 2.24) is 10.2 Å². The van der Waals surface area contributed by atoms with Gasteiger partial charge in [-0.2, -0.15) is 0 Å². The molecule has 4 rings (SSSR count). The van der Waals surface area contributed by atoms with Gasteiger partial charge < -0.3 is 19.7 Å². The number of carbonyl (C=O) groups excluding carboxylic acids is 2. The molecule has 1 unspecified atom stereocenters. The van der Waals surface area contributed by atoms with Crippen molar-refractivity contribution in [1.29, 1.82) is 0 Å². The molecule has 0 bridgehead atoms. The zero-order valence-corrected chi connectivity index (χ0v) is 25.4. The van der Waals surface area contributed by atoms with Crippen LogP contribution in [0.5, 0.6) is 11.5 Å². The average molecular weight is 606 g/mol. The number of ether oxygens (including phenoxy) is 2. The average Bonchev–Trinajstić information content (AvgIpc) is 2.95. The second-order valence-electron chi connectivity index (χ2n) is 10.7. The Morgan fingerprint density at radius 1 is 1.02 bits per heavy atom. The maximum atomic E-state index is 13.7. The number of halogens is 1. The predicted octanol–water partition coefficient (Wildman–Crippen LogP) is 4.91. The molecule has 1 N–H and O–H groups in total. The highest BCUT2D eigenvalue weighted by molar-refractivity contribution is 7.92. The highest BCUT2D eigenvalue weighted by Gasteiger charge is 2.30. The minimum atomic E-state index is -3.63. The Hall–Kier alpha value is -2.98. The Morgan fingerprint density at radius 3 is 2.37 bits per heavy atom. The number of nitrogens with one attached hydrogen (secondary N) is 1. The molecule has 1 aliphatic carbocycles. The Kier molecular flexibility index (Phi) is 10.8. The van der Waals surface area contributed by atoms with E-state index in [1.54, 1.807) is 35.2 Å². The number of anilines is 1. The summed E-state index contributed by atoms with van der Waals surface area (Å²) in [5.41, 5.74) is 1.31. The summed E-state index contributed by atoms with van der Waals surface area (Å²) in [7, 11) is -3.63. The molecule has 41 heavy (non-hydrogen) atoms. The number of hydrogen-bond acceptors (Lipinski definition) is 6. The van der Waals surface area contributed by atoms with Gasteiger partial charge in [0.2, 0.25) is 21.8 Å². The maximum absolute atomic E-state index is 13.7. The number of hydrogen-bond donors (Lipinski definition) is 1. The smallest absolute Gasteiger partial charge is 0.243 e. The lowest BCUT2D eigenvalue weighted by Gasteiger charge is -2.33. The molecule has 0 radical (unpaired) electrons. The number of nitrogens with zero attached hydrogens (tertiary/aromatic N) is 2. The third-order valence-corrected chi connectivity index (χ3v) is 9.02. The Balaban J connectivity index is 1.48. The minimum absolute atomic E-state index is 0.0807. The molecule has 11 heteroatoms. The molecule has 2 aliphatic rings. The van der Waals surface area contributed by atoms with E-state index in [0.717, 1.165) is 37.5 Å². The summed E-state index contributed by atoms with van der Waals surface area (Å²) in [6.45, 7) is 3.09. The summed E-state index contributed by atoms with van der Waals surface area (Å²) in [6.07, 6.45) is 7.23. The van der Waals surface area contributed by atoms with Crippen molar-refractivity contribution < 1.29 is 27.5 Å². The summed E-state index contributed by atoms with van der Waals surface area (Å²) in [6, 6.07) is 11.7. The van der Waals surface area contributed by atoms with E-state index < -0.39 is 16.1 Å². The number of benzene rings is 2. The molecule has 1 fully saturated rings. The van der Waals surface area contributed by atoms with Gasteiger partial charge in [-0.05, 0) is 55.5 Å². The second kappa shape index (κ2) is 14.3. The van der Waals surface area contributed by atoms with E-state index in [9.17, 15) is 18.0 Å². The first-order chi connectivity index (χ1) is 19.7. The van der Waals surface area contributed by atoms with Crippen molar-refractivity contribution in [3.63, 3.8) is 0 Å². The van der Waals surface area contributed by atoms with E-state index in [1.165, 1.54) is 10.7 Å². The first kappa shape index (κ1) is 31.0. The van der Waals surface area contributed by atoms with Crippen LogP contribution in [0.4, 0.5) is 5.69 Å². The lowest BCUT2D eigenvalue weighted by Crippen LogP contribution is -2.51. The zero-order valence-electron chi connectivity index (χ0n) is 23.8. The molecular weight excluding hydrogens is 566 g/mol. The van der Waals surface area contributed by atoms with E-state index in [2.05, 4.69) is 5.32 Å². The number of carbonyl (C=O) groups is 2. The molecule has 9 nitrogen and oxygen atoms in total. The van der Waals surface area contributed by atoms with Gasteiger partial charge in [0.05, 0.1) is 11.9 Å². The van der Waals surface area contributed by atoms with Gasteiger partial charge in [-0.1, -0.05) is 49.9 Å². The molecule has 0 aromatic heterocycles. The largest absolute Gasteiger partial charge is 0.486 e. The van der Waals surface area contributed by atoms with Gasteiger partial charge in [-0.25, -0.2) is 8.42 Å². The first-order valence-corrected chi connectivity index (χ1v) is 16.6. The molecule has 0 saturated heterocycles. The van der Waals surface area contributed by atoms with E-state index in [0.29, 0.717) is 41.8 Å². The van der Waals surface area contributed by atoms with Crippen LogP contribution < -0.4 is 19.1 Å². The van der Waals surface area contributed by atoms with Crippen LogP contribution in [0.3, 0.4) is 0 Å². The van der Waals surface area contributed by atoms with Crippen LogP contribution in [0.15, 0.2) is 42.5 Å². The minimum Gasteiger partial charge on any atom is -0.486 e. The third-order valence-electron chi connectivity index (χ3n) is 7.57. The molecule has 1 atom stereocenters. The normalized spacial score (nSPS) is 16.1. The highest BCUT2D eigenvalue weighted by atomic mass is 35.5. The van der Waals surface area contributed by atoms with Crippen LogP contribution in [0.1, 0.15) is 63.9 Å². The fourth-order valence-corrected chi connectivity index (χ4v) is 6.52. The van der Waals surface area contributed by atoms with Crippen molar-refractivity contribution in [2.45, 2.75) is 76.9 Å². The number of sulfonamides is 1. The van der Waals surface area contributed by atoms with Gasteiger partial charge in [-0.15, -0.1) is 0 Å². The van der Waals surface area contributed by atoms with Crippen molar-refractivity contribution in [2.75, 3.05) is 30.3 Å². The molecule has 2 aromatic rings.